The van der Waals surface area contributed by atoms with Crippen LogP contribution in [0.1, 0.15) is 0 Å². The molecule has 0 aliphatic rings. The van der Waals surface area contributed by atoms with E-state index < -0.39 is 0 Å². The smallest absolute Gasteiger partial charge is 0.160 e. The van der Waals surface area contributed by atoms with Gasteiger partial charge in [0.2, 0.25) is 0 Å². The molecule has 6 aromatic carbocycles. The van der Waals surface area contributed by atoms with Gasteiger partial charge in [0.25, 0.3) is 0 Å². The molecule has 9 aromatic rings. The molecule has 0 atom stereocenters. The summed E-state index contributed by atoms with van der Waals surface area (Å²) in [7, 11) is 0. The van der Waals surface area contributed by atoms with Crippen LogP contribution in [0.15, 0.2) is 152 Å². The van der Waals surface area contributed by atoms with Gasteiger partial charge in [-0.3, -0.25) is 0 Å². The molecule has 0 fully saturated rings. The van der Waals surface area contributed by atoms with Crippen LogP contribution in [0, 0.1) is 0 Å². The average molecular weight is 620 g/mol. The maximum atomic E-state index is 5.24. The SMILES string of the molecule is c1ccc(-c2cccc(-c3nc(-c4ccccc4)cc(-c4cc5c(-c6ccccc6)nc6ccccc6c5c5nsnc45)n3)c2)cc1. The molecule has 3 heterocycles. The number of hydrogen-bond acceptors (Lipinski definition) is 6. The summed E-state index contributed by atoms with van der Waals surface area (Å²) in [6.07, 6.45) is 0. The van der Waals surface area contributed by atoms with Gasteiger partial charge >= 0.3 is 0 Å². The van der Waals surface area contributed by atoms with E-state index >= 15 is 0 Å². The van der Waals surface area contributed by atoms with E-state index in [1.807, 2.05) is 48.5 Å². The van der Waals surface area contributed by atoms with Gasteiger partial charge in [-0.2, -0.15) is 8.75 Å². The Morgan fingerprint density at radius 2 is 1.02 bits per heavy atom. The highest BCUT2D eigenvalue weighted by molar-refractivity contribution is 7.00. The third kappa shape index (κ3) is 4.83. The Bertz CT molecular complexity index is 2560. The van der Waals surface area contributed by atoms with Crippen molar-refractivity contribution in [1.29, 1.82) is 0 Å². The zero-order chi connectivity index (χ0) is 31.2. The quantitative estimate of drug-likeness (QED) is 0.179. The molecule has 5 nitrogen and oxygen atoms in total. The molecule has 0 bridgehead atoms. The summed E-state index contributed by atoms with van der Waals surface area (Å²) in [6, 6.07) is 51.9. The molecule has 0 amide bonds. The first-order valence-corrected chi connectivity index (χ1v) is 16.2. The van der Waals surface area contributed by atoms with Gasteiger partial charge in [0.15, 0.2) is 5.82 Å². The molecular formula is C41H25N5S. The van der Waals surface area contributed by atoms with E-state index in [4.69, 9.17) is 23.7 Å². The first kappa shape index (κ1) is 27.2. The summed E-state index contributed by atoms with van der Waals surface area (Å²) in [6.45, 7) is 0. The Balaban J connectivity index is 1.34. The molecule has 0 unspecified atom stereocenters. The molecule has 0 radical (unpaired) electrons. The highest BCUT2D eigenvalue weighted by Gasteiger charge is 2.21. The van der Waals surface area contributed by atoms with Crippen LogP contribution in [0.4, 0.5) is 0 Å². The minimum Gasteiger partial charge on any atom is -0.247 e. The van der Waals surface area contributed by atoms with Crippen LogP contribution in [0.25, 0.3) is 89.0 Å². The topological polar surface area (TPSA) is 64.5 Å². The van der Waals surface area contributed by atoms with E-state index in [1.54, 1.807) is 0 Å². The molecule has 0 spiro atoms. The molecule has 47 heavy (non-hydrogen) atoms. The lowest BCUT2D eigenvalue weighted by Crippen LogP contribution is -1.98. The Hall–Kier alpha value is -6.11. The molecule has 9 rings (SSSR count). The van der Waals surface area contributed by atoms with Crippen molar-refractivity contribution in [2.45, 2.75) is 0 Å². The second kappa shape index (κ2) is 11.4. The molecule has 3 aromatic heterocycles. The maximum Gasteiger partial charge on any atom is 0.160 e. The predicted molar refractivity (Wildman–Crippen MR) is 193 cm³/mol. The third-order valence-corrected chi connectivity index (χ3v) is 9.07. The Morgan fingerprint density at radius 1 is 0.404 bits per heavy atom. The Kier molecular flexibility index (Phi) is 6.58. The van der Waals surface area contributed by atoms with Crippen molar-refractivity contribution in [2.75, 3.05) is 0 Å². The summed E-state index contributed by atoms with van der Waals surface area (Å²) < 4.78 is 9.75. The third-order valence-electron chi connectivity index (χ3n) is 8.55. The summed E-state index contributed by atoms with van der Waals surface area (Å²) in [5, 5.41) is 3.12. The molecule has 0 N–H and O–H groups in total. The fourth-order valence-electron chi connectivity index (χ4n) is 6.32. The van der Waals surface area contributed by atoms with Gasteiger partial charge in [0, 0.05) is 38.4 Å². The van der Waals surface area contributed by atoms with Crippen molar-refractivity contribution in [3.63, 3.8) is 0 Å². The van der Waals surface area contributed by atoms with Crippen molar-refractivity contribution in [2.24, 2.45) is 0 Å². The van der Waals surface area contributed by atoms with Gasteiger partial charge in [0.05, 0.1) is 34.3 Å². The highest BCUT2D eigenvalue weighted by Crippen LogP contribution is 2.41. The zero-order valence-corrected chi connectivity index (χ0v) is 25.9. The number of nitrogens with zero attached hydrogens (tertiary/aromatic N) is 5. The standard InChI is InChI=1S/C41H25N5S/c1-4-13-26(14-5-1)29-19-12-20-30(23-29)41-43-35(27-15-6-2-7-16-27)25-36(44-41)32-24-33-37(40-39(32)45-47-46-40)31-21-10-11-22-34(31)42-38(33)28-17-8-3-9-18-28/h1-25H. The van der Waals surface area contributed by atoms with E-state index in [0.717, 1.165) is 83.2 Å². The molecular weight excluding hydrogens is 595 g/mol. The van der Waals surface area contributed by atoms with Crippen LogP contribution in [-0.2, 0) is 0 Å². The number of benzene rings is 6. The largest absolute Gasteiger partial charge is 0.247 e. The molecule has 0 saturated carbocycles. The van der Waals surface area contributed by atoms with Crippen LogP contribution >= 0.6 is 11.7 Å². The van der Waals surface area contributed by atoms with Gasteiger partial charge in [0.1, 0.15) is 11.0 Å². The maximum absolute atomic E-state index is 5.24. The van der Waals surface area contributed by atoms with Crippen LogP contribution in [0.5, 0.6) is 0 Å². The summed E-state index contributed by atoms with van der Waals surface area (Å²) >= 11 is 1.22. The monoisotopic (exact) mass is 619 g/mol. The van der Waals surface area contributed by atoms with Crippen molar-refractivity contribution in [3.05, 3.63) is 152 Å². The van der Waals surface area contributed by atoms with E-state index in [-0.39, 0.29) is 0 Å². The lowest BCUT2D eigenvalue weighted by Gasteiger charge is -2.14. The second-order valence-electron chi connectivity index (χ2n) is 11.4. The van der Waals surface area contributed by atoms with Crippen LogP contribution in [0.3, 0.4) is 0 Å². The number of hydrogen-bond donors (Lipinski definition) is 0. The zero-order valence-electron chi connectivity index (χ0n) is 25.1. The summed E-state index contributed by atoms with van der Waals surface area (Å²) in [5.41, 5.74) is 11.3. The van der Waals surface area contributed by atoms with Crippen molar-refractivity contribution < 1.29 is 0 Å². The molecule has 0 aliphatic carbocycles. The molecule has 220 valence electrons. The van der Waals surface area contributed by atoms with E-state index in [9.17, 15) is 0 Å². The number of rotatable bonds is 5. The normalized spacial score (nSPS) is 11.4. The lowest BCUT2D eigenvalue weighted by atomic mass is 9.95. The molecule has 6 heteroatoms. The number of pyridine rings is 1. The minimum atomic E-state index is 0.649. The predicted octanol–water partition coefficient (Wildman–Crippen LogP) is 10.5. The van der Waals surface area contributed by atoms with E-state index in [1.165, 1.54) is 11.7 Å². The number of fused-ring (bicyclic) bond motifs is 5. The molecule has 0 aliphatic heterocycles. The average Bonchev–Trinajstić information content (AvgIpc) is 3.65. The Morgan fingerprint density at radius 3 is 1.81 bits per heavy atom. The van der Waals surface area contributed by atoms with Gasteiger partial charge in [-0.1, -0.05) is 127 Å². The van der Waals surface area contributed by atoms with E-state index in [0.29, 0.717) is 5.82 Å². The van der Waals surface area contributed by atoms with Gasteiger partial charge in [-0.25, -0.2) is 15.0 Å². The van der Waals surface area contributed by atoms with Crippen LogP contribution in [0.2, 0.25) is 0 Å². The minimum absolute atomic E-state index is 0.649. The molecule has 0 saturated heterocycles. The second-order valence-corrected chi connectivity index (χ2v) is 12.0. The van der Waals surface area contributed by atoms with Crippen molar-refractivity contribution >= 4 is 44.4 Å². The van der Waals surface area contributed by atoms with Crippen molar-refractivity contribution in [3.8, 4) is 56.3 Å². The van der Waals surface area contributed by atoms with Gasteiger partial charge in [-0.15, -0.1) is 0 Å². The van der Waals surface area contributed by atoms with Gasteiger partial charge in [-0.05, 0) is 35.4 Å². The van der Waals surface area contributed by atoms with Crippen LogP contribution < -0.4 is 0 Å². The first-order chi connectivity index (χ1) is 23.3. The van der Waals surface area contributed by atoms with Crippen molar-refractivity contribution in [1.82, 2.24) is 23.7 Å². The number of para-hydroxylation sites is 1. The van der Waals surface area contributed by atoms with Gasteiger partial charge < -0.3 is 0 Å². The highest BCUT2D eigenvalue weighted by atomic mass is 32.1. The lowest BCUT2D eigenvalue weighted by molar-refractivity contribution is 1.18. The Labute approximate surface area is 275 Å². The summed E-state index contributed by atoms with van der Waals surface area (Å²) in [5.74, 6) is 0.649. The first-order valence-electron chi connectivity index (χ1n) is 15.4. The van der Waals surface area contributed by atoms with E-state index in [2.05, 4.69) is 103 Å². The summed E-state index contributed by atoms with van der Waals surface area (Å²) in [4.78, 5) is 15.5. The fraction of sp³-hybridized carbons (Fsp3) is 0. The van der Waals surface area contributed by atoms with Crippen LogP contribution in [-0.4, -0.2) is 23.7 Å². The number of aromatic nitrogens is 5. The fourth-order valence-corrected chi connectivity index (χ4v) is 6.88.